The van der Waals surface area contributed by atoms with Crippen LogP contribution in [0.1, 0.15) is 19.5 Å². The van der Waals surface area contributed by atoms with E-state index in [9.17, 15) is 4.79 Å². The molecule has 0 unspecified atom stereocenters. The lowest BCUT2D eigenvalue weighted by molar-refractivity contribution is 0.239. The first-order valence-electron chi connectivity index (χ1n) is 5.31. The van der Waals surface area contributed by atoms with E-state index >= 15 is 0 Å². The topological polar surface area (TPSA) is 80.0 Å². The van der Waals surface area contributed by atoms with Crippen molar-refractivity contribution in [3.8, 4) is 0 Å². The Balaban J connectivity index is 2.31. The zero-order valence-corrected chi connectivity index (χ0v) is 9.66. The van der Waals surface area contributed by atoms with Crippen LogP contribution in [0, 0.1) is 5.92 Å². The average Bonchev–Trinajstić information content (AvgIpc) is 2.23. The van der Waals surface area contributed by atoms with Gasteiger partial charge in [-0.3, -0.25) is 0 Å². The summed E-state index contributed by atoms with van der Waals surface area (Å²) >= 11 is 0. The van der Waals surface area contributed by atoms with Gasteiger partial charge < -0.3 is 16.4 Å². The first-order valence-corrected chi connectivity index (χ1v) is 5.31. The number of nitrogens with two attached hydrogens (primary N) is 1. The van der Waals surface area contributed by atoms with Crippen molar-refractivity contribution in [3.05, 3.63) is 23.9 Å². The second-order valence-corrected chi connectivity index (χ2v) is 4.01. The van der Waals surface area contributed by atoms with Crippen molar-refractivity contribution in [1.82, 2.24) is 15.6 Å². The smallest absolute Gasteiger partial charge is 0.315 e. The van der Waals surface area contributed by atoms with Crippen LogP contribution in [0.15, 0.2) is 18.2 Å². The monoisotopic (exact) mass is 222 g/mol. The van der Waals surface area contributed by atoms with Crippen LogP contribution >= 0.6 is 0 Å². The normalized spacial score (nSPS) is 10.2. The summed E-state index contributed by atoms with van der Waals surface area (Å²) in [4.78, 5) is 15.4. The molecule has 1 rings (SSSR count). The van der Waals surface area contributed by atoms with Crippen molar-refractivity contribution in [2.24, 2.45) is 5.92 Å². The molecule has 4 N–H and O–H groups in total. The Morgan fingerprint density at radius 1 is 1.44 bits per heavy atom. The molecule has 5 heteroatoms. The molecule has 0 bridgehead atoms. The number of pyridine rings is 1. The Labute approximate surface area is 95.4 Å². The number of rotatable bonds is 4. The molecule has 2 amide bonds. The summed E-state index contributed by atoms with van der Waals surface area (Å²) in [7, 11) is 0. The number of nitrogens with zero attached hydrogens (tertiary/aromatic N) is 1. The average molecular weight is 222 g/mol. The number of nitrogens with one attached hydrogen (secondary N) is 2. The lowest BCUT2D eigenvalue weighted by Crippen LogP contribution is -2.37. The first kappa shape index (κ1) is 12.3. The molecule has 16 heavy (non-hydrogen) atoms. The van der Waals surface area contributed by atoms with E-state index in [0.717, 1.165) is 5.69 Å². The van der Waals surface area contributed by atoms with Crippen LogP contribution in [0.4, 0.5) is 10.6 Å². The lowest BCUT2D eigenvalue weighted by atomic mass is 10.2. The molecule has 0 saturated carbocycles. The van der Waals surface area contributed by atoms with E-state index in [1.807, 2.05) is 26.0 Å². The Kier molecular flexibility index (Phi) is 4.57. The largest absolute Gasteiger partial charge is 0.384 e. The highest BCUT2D eigenvalue weighted by atomic mass is 16.2. The SMILES string of the molecule is CC(C)CNC(=O)NCc1cccc(N)n1. The molecule has 0 atom stereocenters. The summed E-state index contributed by atoms with van der Waals surface area (Å²) in [5, 5.41) is 5.47. The lowest BCUT2D eigenvalue weighted by Gasteiger charge is -2.09. The molecule has 0 spiro atoms. The predicted molar refractivity (Wildman–Crippen MR) is 63.7 cm³/mol. The van der Waals surface area contributed by atoms with Gasteiger partial charge >= 0.3 is 6.03 Å². The maximum absolute atomic E-state index is 11.3. The number of hydrogen-bond donors (Lipinski definition) is 3. The van der Waals surface area contributed by atoms with E-state index in [1.165, 1.54) is 0 Å². The summed E-state index contributed by atoms with van der Waals surface area (Å²) in [6.07, 6.45) is 0. The Hall–Kier alpha value is -1.78. The molecule has 0 aliphatic rings. The molecular weight excluding hydrogens is 204 g/mol. The molecule has 0 saturated heterocycles. The molecule has 1 aromatic heterocycles. The summed E-state index contributed by atoms with van der Waals surface area (Å²) < 4.78 is 0. The molecule has 5 nitrogen and oxygen atoms in total. The van der Waals surface area contributed by atoms with Gasteiger partial charge in [-0.05, 0) is 18.1 Å². The fourth-order valence-electron chi connectivity index (χ4n) is 1.13. The van der Waals surface area contributed by atoms with Gasteiger partial charge in [-0.1, -0.05) is 19.9 Å². The van der Waals surface area contributed by atoms with Gasteiger partial charge in [-0.15, -0.1) is 0 Å². The molecule has 1 heterocycles. The third-order valence-corrected chi connectivity index (χ3v) is 1.93. The van der Waals surface area contributed by atoms with Crippen LogP contribution in [0.3, 0.4) is 0 Å². The van der Waals surface area contributed by atoms with E-state index in [-0.39, 0.29) is 6.03 Å². The second kappa shape index (κ2) is 5.95. The fraction of sp³-hybridized carbons (Fsp3) is 0.455. The molecule has 0 radical (unpaired) electrons. The highest BCUT2D eigenvalue weighted by Crippen LogP contribution is 1.99. The molecule has 0 aliphatic heterocycles. The van der Waals surface area contributed by atoms with Crippen molar-refractivity contribution in [2.45, 2.75) is 20.4 Å². The van der Waals surface area contributed by atoms with Gasteiger partial charge in [0.1, 0.15) is 5.82 Å². The second-order valence-electron chi connectivity index (χ2n) is 4.01. The zero-order chi connectivity index (χ0) is 12.0. The summed E-state index contributed by atoms with van der Waals surface area (Å²) in [6, 6.07) is 5.16. The molecule has 88 valence electrons. The number of nitrogen functional groups attached to an aromatic ring is 1. The van der Waals surface area contributed by atoms with Crippen LogP contribution in [0.5, 0.6) is 0 Å². The van der Waals surface area contributed by atoms with Crippen LogP contribution in [0.2, 0.25) is 0 Å². The van der Waals surface area contributed by atoms with E-state index in [4.69, 9.17) is 5.73 Å². The Morgan fingerprint density at radius 3 is 2.81 bits per heavy atom. The van der Waals surface area contributed by atoms with Crippen molar-refractivity contribution in [1.29, 1.82) is 0 Å². The Morgan fingerprint density at radius 2 is 2.19 bits per heavy atom. The fourth-order valence-corrected chi connectivity index (χ4v) is 1.13. The van der Waals surface area contributed by atoms with E-state index < -0.39 is 0 Å². The number of carbonyl (C=O) groups excluding carboxylic acids is 1. The molecule has 0 aliphatic carbocycles. The van der Waals surface area contributed by atoms with Crippen molar-refractivity contribution in [3.63, 3.8) is 0 Å². The quantitative estimate of drug-likeness (QED) is 0.714. The zero-order valence-electron chi connectivity index (χ0n) is 9.66. The van der Waals surface area contributed by atoms with Gasteiger partial charge in [0.05, 0.1) is 12.2 Å². The summed E-state index contributed by atoms with van der Waals surface area (Å²) in [6.45, 7) is 5.13. The van der Waals surface area contributed by atoms with Crippen molar-refractivity contribution >= 4 is 11.8 Å². The Bertz CT molecular complexity index is 352. The summed E-state index contributed by atoms with van der Waals surface area (Å²) in [5.74, 6) is 0.901. The van der Waals surface area contributed by atoms with E-state index in [0.29, 0.717) is 24.8 Å². The van der Waals surface area contributed by atoms with Crippen molar-refractivity contribution in [2.75, 3.05) is 12.3 Å². The highest BCUT2D eigenvalue weighted by molar-refractivity contribution is 5.73. The van der Waals surface area contributed by atoms with Gasteiger partial charge in [0.25, 0.3) is 0 Å². The highest BCUT2D eigenvalue weighted by Gasteiger charge is 2.02. The maximum atomic E-state index is 11.3. The van der Waals surface area contributed by atoms with Crippen molar-refractivity contribution < 1.29 is 4.79 Å². The van der Waals surface area contributed by atoms with Crippen LogP contribution < -0.4 is 16.4 Å². The number of hydrogen-bond acceptors (Lipinski definition) is 3. The molecular formula is C11H18N4O. The maximum Gasteiger partial charge on any atom is 0.315 e. The number of anilines is 1. The first-order chi connectivity index (χ1) is 7.58. The standard InChI is InChI=1S/C11H18N4O/c1-8(2)6-13-11(16)14-7-9-4-3-5-10(12)15-9/h3-5,8H,6-7H2,1-2H3,(H2,12,15)(H2,13,14,16). The third-order valence-electron chi connectivity index (χ3n) is 1.93. The van der Waals surface area contributed by atoms with Crippen LogP contribution in [-0.4, -0.2) is 17.6 Å². The number of aromatic nitrogens is 1. The van der Waals surface area contributed by atoms with Crippen LogP contribution in [-0.2, 0) is 6.54 Å². The van der Waals surface area contributed by atoms with Gasteiger partial charge in [0.2, 0.25) is 0 Å². The minimum absolute atomic E-state index is 0.182. The van der Waals surface area contributed by atoms with Gasteiger partial charge in [0, 0.05) is 6.54 Å². The number of carbonyl (C=O) groups is 1. The number of urea groups is 1. The summed E-state index contributed by atoms with van der Waals surface area (Å²) in [5.41, 5.74) is 6.27. The predicted octanol–water partition coefficient (Wildman–Crippen LogP) is 1.12. The van der Waals surface area contributed by atoms with E-state index in [1.54, 1.807) is 6.07 Å². The van der Waals surface area contributed by atoms with Gasteiger partial charge in [-0.2, -0.15) is 0 Å². The minimum atomic E-state index is -0.182. The molecule has 0 fully saturated rings. The number of amides is 2. The molecule has 1 aromatic rings. The third kappa shape index (κ3) is 4.63. The van der Waals surface area contributed by atoms with Gasteiger partial charge in [0.15, 0.2) is 0 Å². The molecule has 0 aromatic carbocycles. The van der Waals surface area contributed by atoms with Gasteiger partial charge in [-0.25, -0.2) is 9.78 Å². The van der Waals surface area contributed by atoms with E-state index in [2.05, 4.69) is 15.6 Å². The van der Waals surface area contributed by atoms with Crippen LogP contribution in [0.25, 0.3) is 0 Å². The minimum Gasteiger partial charge on any atom is -0.384 e.